The molecule has 0 amide bonds. The predicted octanol–water partition coefficient (Wildman–Crippen LogP) is 9.86. The van der Waals surface area contributed by atoms with Crippen LogP contribution in [0.5, 0.6) is 11.8 Å². The summed E-state index contributed by atoms with van der Waals surface area (Å²) in [4.78, 5) is 29.6. The Morgan fingerprint density at radius 2 is 1.18 bits per heavy atom. The second-order valence-corrected chi connectivity index (χ2v) is 17.3. The molecule has 2 saturated heterocycles. The van der Waals surface area contributed by atoms with Gasteiger partial charge in [0.25, 0.3) is 0 Å². The number of nitrogens with zero attached hydrogens (tertiary/aromatic N) is 5. The molecule has 6 aromatic rings. The van der Waals surface area contributed by atoms with Gasteiger partial charge in [0, 0.05) is 48.4 Å². The Morgan fingerprint density at radius 1 is 0.667 bits per heavy atom. The van der Waals surface area contributed by atoms with Gasteiger partial charge >= 0.3 is 0 Å². The van der Waals surface area contributed by atoms with Crippen molar-refractivity contribution in [1.29, 1.82) is 0 Å². The molecule has 14 heteroatoms. The van der Waals surface area contributed by atoms with Crippen LogP contribution in [-0.2, 0) is 9.68 Å². The maximum atomic E-state index is 10.7. The molecule has 60 heavy (non-hydrogen) atoms. The first kappa shape index (κ1) is 40.1. The van der Waals surface area contributed by atoms with Crippen LogP contribution in [0.3, 0.4) is 0 Å². The zero-order valence-electron chi connectivity index (χ0n) is 33.1. The molecule has 2 aromatic heterocycles. The summed E-state index contributed by atoms with van der Waals surface area (Å²) in [7, 11) is 0. The molecule has 0 bridgehead atoms. The van der Waals surface area contributed by atoms with E-state index in [2.05, 4.69) is 62.4 Å². The number of piperidine rings is 2. The van der Waals surface area contributed by atoms with Crippen LogP contribution >= 0.6 is 31.9 Å². The molecule has 0 unspecified atom stereocenters. The van der Waals surface area contributed by atoms with E-state index in [1.807, 2.05) is 84.9 Å². The van der Waals surface area contributed by atoms with E-state index in [9.17, 15) is 10.2 Å². The van der Waals surface area contributed by atoms with E-state index < -0.39 is 0 Å². The summed E-state index contributed by atoms with van der Waals surface area (Å²) in [5.74, 6) is 0.846. The number of fused-ring (bicyclic) bond motifs is 4. The summed E-state index contributed by atoms with van der Waals surface area (Å²) in [5.41, 5.74) is 9.01. The van der Waals surface area contributed by atoms with Gasteiger partial charge in [-0.3, -0.25) is 4.90 Å². The van der Waals surface area contributed by atoms with Gasteiger partial charge in [-0.05, 0) is 113 Å². The number of oxime groups is 2. The summed E-state index contributed by atoms with van der Waals surface area (Å²) in [6.07, 6.45) is 7.21. The molecule has 0 spiro atoms. The molecule has 6 heterocycles. The van der Waals surface area contributed by atoms with Gasteiger partial charge in [0.15, 0.2) is 11.8 Å². The summed E-state index contributed by atoms with van der Waals surface area (Å²) in [6, 6.07) is 27.4. The maximum absolute atomic E-state index is 10.7. The third kappa shape index (κ3) is 8.51. The average molecular weight is 935 g/mol. The fraction of sp³-hybridized carbons (Fsp3) is 0.304. The Labute approximate surface area is 364 Å². The van der Waals surface area contributed by atoms with E-state index in [0.29, 0.717) is 53.1 Å². The first-order valence-electron chi connectivity index (χ1n) is 20.6. The van der Waals surface area contributed by atoms with Crippen LogP contribution in [0.2, 0.25) is 0 Å². The van der Waals surface area contributed by atoms with E-state index >= 15 is 0 Å². The molecule has 4 aliphatic heterocycles. The highest BCUT2D eigenvalue weighted by Crippen LogP contribution is 2.38. The second-order valence-electron chi connectivity index (χ2n) is 15.5. The van der Waals surface area contributed by atoms with Crippen LogP contribution < -0.4 is 5.32 Å². The smallest absolute Gasteiger partial charge is 0.199 e. The third-order valence-electron chi connectivity index (χ3n) is 11.5. The molecule has 308 valence electrons. The lowest BCUT2D eigenvalue weighted by molar-refractivity contribution is 0.103. The van der Waals surface area contributed by atoms with Gasteiger partial charge < -0.3 is 35.2 Å². The molecule has 0 saturated carbocycles. The number of para-hydroxylation sites is 2. The average Bonchev–Trinajstić information content (AvgIpc) is 4.00. The van der Waals surface area contributed by atoms with E-state index in [-0.39, 0.29) is 11.8 Å². The van der Waals surface area contributed by atoms with Crippen molar-refractivity contribution in [2.45, 2.75) is 38.5 Å². The van der Waals surface area contributed by atoms with Gasteiger partial charge in [-0.15, -0.1) is 0 Å². The SMILES string of the molecule is Oc1[nH]c2ccc(Br)cc2c1C1=Nc2ccccc2/C1=N\OCCC1CCNCC1.Oc1[nH]c2ccc(Br)cc2c1C1=Nc2ccccc2/C1=N\OCCN1CCCCC1. The standard InChI is InChI=1S/2C23H23BrN4O2/c24-15-8-9-19-17(14-15)20(23(29)26-19)22-21(16-6-2-3-7-18(16)25-22)27-30-13-12-28-10-4-1-5-11-28;24-15-5-6-19-17(13-15)20(23(29)27-19)22-21(16-3-1-2-4-18(16)26-22)28-30-12-9-14-7-10-25-11-8-14/h2-3,6-9,14,26,29H,1,4-5,10-13H2;1-6,13-14,25,27,29H,7-12H2/b27-21+;28-21+. The lowest BCUT2D eigenvalue weighted by Gasteiger charge is -2.25. The van der Waals surface area contributed by atoms with Crippen LogP contribution in [0.15, 0.2) is 114 Å². The molecule has 12 nitrogen and oxygen atoms in total. The summed E-state index contributed by atoms with van der Waals surface area (Å²) >= 11 is 7.04. The highest BCUT2D eigenvalue weighted by molar-refractivity contribution is 9.10. The van der Waals surface area contributed by atoms with Crippen molar-refractivity contribution in [3.63, 3.8) is 0 Å². The number of aliphatic imine (C=N–C) groups is 2. The molecule has 0 atom stereocenters. The van der Waals surface area contributed by atoms with Gasteiger partial charge in [0.1, 0.15) is 36.1 Å². The maximum Gasteiger partial charge on any atom is 0.199 e. The number of hydrogen-bond donors (Lipinski definition) is 5. The minimum atomic E-state index is 0.0793. The monoisotopic (exact) mass is 932 g/mol. The quantitative estimate of drug-likeness (QED) is 0.0681. The lowest BCUT2D eigenvalue weighted by Crippen LogP contribution is -2.32. The van der Waals surface area contributed by atoms with Gasteiger partial charge in [-0.25, -0.2) is 9.98 Å². The van der Waals surface area contributed by atoms with Crippen molar-refractivity contribution in [1.82, 2.24) is 20.2 Å². The Morgan fingerprint density at radius 3 is 1.73 bits per heavy atom. The topological polar surface area (TPSA) is 155 Å². The number of halogens is 2. The lowest BCUT2D eigenvalue weighted by atomic mass is 9.95. The molecular formula is C46H46Br2N8O4. The van der Waals surface area contributed by atoms with E-state index in [0.717, 1.165) is 92.4 Å². The van der Waals surface area contributed by atoms with E-state index in [4.69, 9.17) is 19.7 Å². The molecule has 0 radical (unpaired) electrons. The zero-order chi connectivity index (χ0) is 41.0. The van der Waals surface area contributed by atoms with Crippen molar-refractivity contribution in [3.05, 3.63) is 116 Å². The molecule has 5 N–H and O–H groups in total. The Kier molecular flexibility index (Phi) is 12.1. The number of aromatic hydroxyl groups is 2. The summed E-state index contributed by atoms with van der Waals surface area (Å²) in [6.45, 7) is 6.41. The van der Waals surface area contributed by atoms with Gasteiger partial charge in [-0.1, -0.05) is 85.0 Å². The van der Waals surface area contributed by atoms with Crippen LogP contribution in [0.1, 0.15) is 60.8 Å². The number of benzene rings is 4. The normalized spacial score (nSPS) is 18.0. The van der Waals surface area contributed by atoms with E-state index in [1.165, 1.54) is 32.1 Å². The van der Waals surface area contributed by atoms with E-state index in [1.54, 1.807) is 0 Å². The van der Waals surface area contributed by atoms with Crippen molar-refractivity contribution < 1.29 is 19.9 Å². The highest BCUT2D eigenvalue weighted by atomic mass is 79.9. The minimum absolute atomic E-state index is 0.0793. The Bertz CT molecular complexity index is 2470. The van der Waals surface area contributed by atoms with Crippen LogP contribution in [0.4, 0.5) is 11.4 Å². The fourth-order valence-electron chi connectivity index (χ4n) is 8.42. The van der Waals surface area contributed by atoms with Crippen LogP contribution in [-0.4, -0.2) is 93.9 Å². The van der Waals surface area contributed by atoms with Crippen molar-refractivity contribution in [2.75, 3.05) is 45.9 Å². The van der Waals surface area contributed by atoms with Crippen LogP contribution in [0.25, 0.3) is 21.8 Å². The summed E-state index contributed by atoms with van der Waals surface area (Å²) < 4.78 is 1.87. The van der Waals surface area contributed by atoms with Gasteiger partial charge in [-0.2, -0.15) is 0 Å². The molecule has 10 rings (SSSR count). The largest absolute Gasteiger partial charge is 0.494 e. The number of rotatable bonds is 10. The number of hydrogen-bond acceptors (Lipinski definition) is 10. The zero-order valence-corrected chi connectivity index (χ0v) is 36.2. The number of aromatic nitrogens is 2. The number of aromatic amines is 2. The molecule has 4 aromatic carbocycles. The third-order valence-corrected chi connectivity index (χ3v) is 12.5. The van der Waals surface area contributed by atoms with Crippen molar-refractivity contribution in [2.24, 2.45) is 26.2 Å². The fourth-order valence-corrected chi connectivity index (χ4v) is 9.14. The van der Waals surface area contributed by atoms with Crippen molar-refractivity contribution in [3.8, 4) is 11.8 Å². The molecule has 0 aliphatic carbocycles. The first-order chi connectivity index (χ1) is 29.4. The molecular weight excluding hydrogens is 888 g/mol. The number of likely N-dealkylation sites (tertiary alicyclic amines) is 1. The summed E-state index contributed by atoms with van der Waals surface area (Å²) in [5, 5.41) is 35.5. The Hall–Kier alpha value is -5.28. The van der Waals surface area contributed by atoms with Crippen molar-refractivity contribution >= 4 is 87.9 Å². The Balaban J connectivity index is 0.000000154. The number of nitrogens with one attached hydrogen (secondary N) is 3. The van der Waals surface area contributed by atoms with Gasteiger partial charge in [0.2, 0.25) is 0 Å². The van der Waals surface area contributed by atoms with Gasteiger partial charge in [0.05, 0.1) is 22.5 Å². The second kappa shape index (κ2) is 18.1. The minimum Gasteiger partial charge on any atom is -0.494 e. The number of H-pyrrole nitrogens is 2. The molecule has 2 fully saturated rings. The van der Waals surface area contributed by atoms with Crippen LogP contribution in [0, 0.1) is 5.92 Å². The first-order valence-corrected chi connectivity index (χ1v) is 22.2. The molecule has 4 aliphatic rings. The predicted molar refractivity (Wildman–Crippen MR) is 246 cm³/mol. The highest BCUT2D eigenvalue weighted by Gasteiger charge is 2.31.